The van der Waals surface area contributed by atoms with Crippen LogP contribution in [0.4, 0.5) is 0 Å². The lowest BCUT2D eigenvalue weighted by molar-refractivity contribution is 0.0377. The fourth-order valence-corrected chi connectivity index (χ4v) is 2.60. The quantitative estimate of drug-likeness (QED) is 0.703. The molecule has 0 bridgehead atoms. The summed E-state index contributed by atoms with van der Waals surface area (Å²) in [5.74, 6) is 0. The minimum Gasteiger partial charge on any atom is -0.383 e. The van der Waals surface area contributed by atoms with Gasteiger partial charge in [0, 0.05) is 51.9 Å². The van der Waals surface area contributed by atoms with Crippen LogP contribution in [0.1, 0.15) is 27.2 Å². The molecule has 1 rings (SSSR count). The Morgan fingerprint density at radius 1 is 1.11 bits per heavy atom. The van der Waals surface area contributed by atoms with Gasteiger partial charge in [-0.3, -0.25) is 9.80 Å². The number of ether oxygens (including phenoxy) is 1. The van der Waals surface area contributed by atoms with Crippen molar-refractivity contribution in [2.75, 3.05) is 53.0 Å². The van der Waals surface area contributed by atoms with Crippen LogP contribution in [0.2, 0.25) is 0 Å². The Morgan fingerprint density at radius 3 is 2.22 bits per heavy atom. The molecule has 1 saturated heterocycles. The van der Waals surface area contributed by atoms with E-state index in [1.54, 1.807) is 7.11 Å². The third-order valence-electron chi connectivity index (χ3n) is 4.07. The molecule has 4 nitrogen and oxygen atoms in total. The largest absolute Gasteiger partial charge is 0.383 e. The van der Waals surface area contributed by atoms with Crippen molar-refractivity contribution in [1.29, 1.82) is 0 Å². The van der Waals surface area contributed by atoms with Gasteiger partial charge in [0.15, 0.2) is 0 Å². The van der Waals surface area contributed by atoms with Gasteiger partial charge in [0.1, 0.15) is 0 Å². The van der Waals surface area contributed by atoms with Gasteiger partial charge in [0.2, 0.25) is 0 Å². The first kappa shape index (κ1) is 15.9. The molecule has 0 aliphatic carbocycles. The zero-order valence-corrected chi connectivity index (χ0v) is 12.6. The number of methoxy groups -OCH3 is 1. The maximum absolute atomic E-state index is 5.35. The summed E-state index contributed by atoms with van der Waals surface area (Å²) in [5.41, 5.74) is 0. The number of hydrogen-bond donors (Lipinski definition) is 1. The van der Waals surface area contributed by atoms with Gasteiger partial charge in [-0.05, 0) is 19.9 Å². The molecule has 1 aliphatic rings. The van der Waals surface area contributed by atoms with Crippen molar-refractivity contribution in [3.05, 3.63) is 0 Å². The average Bonchev–Trinajstić information content (AvgIpc) is 2.43. The maximum atomic E-state index is 5.35. The Hall–Kier alpha value is -0.160. The highest BCUT2D eigenvalue weighted by Gasteiger charge is 2.25. The summed E-state index contributed by atoms with van der Waals surface area (Å²) in [6.45, 7) is 14.4. The predicted octanol–water partition coefficient (Wildman–Crippen LogP) is 1.03. The number of likely N-dealkylation sites (N-methyl/N-ethyl adjacent to an activating group) is 1. The third kappa shape index (κ3) is 4.84. The van der Waals surface area contributed by atoms with E-state index in [-0.39, 0.29) is 0 Å². The van der Waals surface area contributed by atoms with Crippen LogP contribution in [0.25, 0.3) is 0 Å². The number of hydrogen-bond acceptors (Lipinski definition) is 4. The Balaban J connectivity index is 2.37. The van der Waals surface area contributed by atoms with Gasteiger partial charge >= 0.3 is 0 Å². The van der Waals surface area contributed by atoms with Crippen LogP contribution in [-0.2, 0) is 4.74 Å². The molecule has 0 spiro atoms. The van der Waals surface area contributed by atoms with Crippen molar-refractivity contribution >= 4 is 0 Å². The molecule has 1 aliphatic heterocycles. The smallest absolute Gasteiger partial charge is 0.0630 e. The molecule has 2 atom stereocenters. The van der Waals surface area contributed by atoms with Crippen LogP contribution in [0.15, 0.2) is 0 Å². The highest BCUT2D eigenvalue weighted by Crippen LogP contribution is 2.11. The Kier molecular flexibility index (Phi) is 7.82. The van der Waals surface area contributed by atoms with Crippen molar-refractivity contribution in [2.24, 2.45) is 0 Å². The van der Waals surface area contributed by atoms with Gasteiger partial charge in [-0.25, -0.2) is 0 Å². The van der Waals surface area contributed by atoms with Gasteiger partial charge < -0.3 is 10.1 Å². The van der Waals surface area contributed by atoms with E-state index >= 15 is 0 Å². The molecule has 18 heavy (non-hydrogen) atoms. The third-order valence-corrected chi connectivity index (χ3v) is 4.07. The second-order valence-electron chi connectivity index (χ2n) is 5.25. The van der Waals surface area contributed by atoms with E-state index in [9.17, 15) is 0 Å². The summed E-state index contributed by atoms with van der Waals surface area (Å²) in [5, 5.41) is 3.44. The molecule has 4 heteroatoms. The SMILES string of the molecule is CCNCC(COC)N1CCN(C(C)CC)CC1. The molecule has 108 valence electrons. The normalized spacial score (nSPS) is 22.0. The van der Waals surface area contributed by atoms with Gasteiger partial charge in [-0.2, -0.15) is 0 Å². The molecule has 0 aromatic rings. The minimum atomic E-state index is 0.522. The van der Waals surface area contributed by atoms with Gasteiger partial charge in [0.25, 0.3) is 0 Å². The molecule has 0 saturated carbocycles. The highest BCUT2D eigenvalue weighted by atomic mass is 16.5. The van der Waals surface area contributed by atoms with Crippen molar-refractivity contribution in [3.8, 4) is 0 Å². The number of rotatable bonds is 8. The van der Waals surface area contributed by atoms with Crippen LogP contribution in [0, 0.1) is 0 Å². The van der Waals surface area contributed by atoms with Gasteiger partial charge in [0.05, 0.1) is 6.61 Å². The monoisotopic (exact) mass is 257 g/mol. The molecule has 1 N–H and O–H groups in total. The second-order valence-corrected chi connectivity index (χ2v) is 5.25. The van der Waals surface area contributed by atoms with Crippen molar-refractivity contribution in [3.63, 3.8) is 0 Å². The Bertz CT molecular complexity index is 205. The zero-order valence-electron chi connectivity index (χ0n) is 12.6. The molecule has 2 unspecified atom stereocenters. The van der Waals surface area contributed by atoms with E-state index in [1.165, 1.54) is 32.6 Å². The average molecular weight is 257 g/mol. The van der Waals surface area contributed by atoms with Crippen LogP contribution >= 0.6 is 0 Å². The summed E-state index contributed by atoms with van der Waals surface area (Å²) >= 11 is 0. The summed E-state index contributed by atoms with van der Waals surface area (Å²) in [7, 11) is 1.80. The number of nitrogens with zero attached hydrogens (tertiary/aromatic N) is 2. The Morgan fingerprint density at radius 2 is 1.72 bits per heavy atom. The topological polar surface area (TPSA) is 27.7 Å². The lowest BCUT2D eigenvalue weighted by Gasteiger charge is -2.41. The standard InChI is InChI=1S/C14H31N3O/c1-5-13(3)16-7-9-17(10-8-16)14(12-18-4)11-15-6-2/h13-15H,5-12H2,1-4H3. The van der Waals surface area contributed by atoms with Crippen LogP contribution < -0.4 is 5.32 Å². The molecule has 1 fully saturated rings. The van der Waals surface area contributed by atoms with E-state index in [1.807, 2.05) is 0 Å². The minimum absolute atomic E-state index is 0.522. The second kappa shape index (κ2) is 8.86. The lowest BCUT2D eigenvalue weighted by Crippen LogP contribution is -2.55. The van der Waals surface area contributed by atoms with Gasteiger partial charge in [-0.15, -0.1) is 0 Å². The first-order valence-electron chi connectivity index (χ1n) is 7.40. The maximum Gasteiger partial charge on any atom is 0.0630 e. The molecular formula is C14H31N3O. The van der Waals surface area contributed by atoms with Crippen LogP contribution in [0.5, 0.6) is 0 Å². The first-order chi connectivity index (χ1) is 8.72. The summed E-state index contributed by atoms with van der Waals surface area (Å²) in [6.07, 6.45) is 1.25. The van der Waals surface area contributed by atoms with E-state index in [2.05, 4.69) is 35.9 Å². The summed E-state index contributed by atoms with van der Waals surface area (Å²) in [6, 6.07) is 1.25. The first-order valence-corrected chi connectivity index (χ1v) is 7.40. The Labute approximate surface area is 113 Å². The van der Waals surface area contributed by atoms with E-state index in [4.69, 9.17) is 4.74 Å². The molecule has 0 aromatic carbocycles. The highest BCUT2D eigenvalue weighted by molar-refractivity contribution is 4.81. The van der Waals surface area contributed by atoms with Crippen LogP contribution in [0.3, 0.4) is 0 Å². The van der Waals surface area contributed by atoms with Crippen molar-refractivity contribution in [1.82, 2.24) is 15.1 Å². The molecule has 0 radical (unpaired) electrons. The predicted molar refractivity (Wildman–Crippen MR) is 77.1 cm³/mol. The van der Waals surface area contributed by atoms with Crippen molar-refractivity contribution in [2.45, 2.75) is 39.3 Å². The van der Waals surface area contributed by atoms with Gasteiger partial charge in [-0.1, -0.05) is 13.8 Å². The van der Waals surface area contributed by atoms with Crippen LogP contribution in [-0.4, -0.2) is 74.9 Å². The fourth-order valence-electron chi connectivity index (χ4n) is 2.60. The van der Waals surface area contributed by atoms with E-state index in [0.29, 0.717) is 6.04 Å². The molecule has 1 heterocycles. The van der Waals surface area contributed by atoms with E-state index < -0.39 is 0 Å². The molecular weight excluding hydrogens is 226 g/mol. The van der Waals surface area contributed by atoms with E-state index in [0.717, 1.165) is 25.7 Å². The molecule has 0 amide bonds. The van der Waals surface area contributed by atoms with Crippen molar-refractivity contribution < 1.29 is 4.74 Å². The summed E-state index contributed by atoms with van der Waals surface area (Å²) < 4.78 is 5.35. The lowest BCUT2D eigenvalue weighted by atomic mass is 10.1. The summed E-state index contributed by atoms with van der Waals surface area (Å²) in [4.78, 5) is 5.18. The number of nitrogens with one attached hydrogen (secondary N) is 1. The zero-order chi connectivity index (χ0) is 13.4. The number of piperazine rings is 1. The molecule has 0 aromatic heterocycles. The fraction of sp³-hybridized carbons (Fsp3) is 1.00.